The van der Waals surface area contributed by atoms with Crippen molar-refractivity contribution >= 4 is 35.3 Å². The molecule has 13 heteroatoms. The zero-order chi connectivity index (χ0) is 23.0. The molecule has 1 N–H and O–H groups in total. The van der Waals surface area contributed by atoms with E-state index in [0.717, 1.165) is 23.1 Å². The number of anilines is 1. The molecule has 0 atom stereocenters. The Labute approximate surface area is 192 Å². The average molecular weight is 468 g/mol. The third kappa shape index (κ3) is 5.70. The van der Waals surface area contributed by atoms with Crippen molar-refractivity contribution in [1.29, 1.82) is 0 Å². The molecule has 33 heavy (non-hydrogen) atoms. The van der Waals surface area contributed by atoms with Crippen molar-refractivity contribution < 1.29 is 14.5 Å². The summed E-state index contributed by atoms with van der Waals surface area (Å²) in [4.78, 5) is 25.2. The molecule has 170 valence electrons. The van der Waals surface area contributed by atoms with Crippen LogP contribution in [-0.2, 0) is 9.53 Å². The number of nitrogens with zero attached hydrogens (tertiary/aromatic N) is 7. The lowest BCUT2D eigenvalue weighted by atomic mass is 10.1. The number of ether oxygens (including phenoxy) is 1. The zero-order valence-electron chi connectivity index (χ0n) is 17.4. The maximum atomic E-state index is 12.2. The molecule has 2 aromatic carbocycles. The van der Waals surface area contributed by atoms with Gasteiger partial charge in [-0.1, -0.05) is 30.0 Å². The summed E-state index contributed by atoms with van der Waals surface area (Å²) in [6.45, 7) is 2.60. The normalized spacial score (nSPS) is 13.9. The van der Waals surface area contributed by atoms with E-state index in [1.807, 2.05) is 30.3 Å². The molecule has 1 aromatic heterocycles. The fraction of sp³-hybridized carbons (Fsp3) is 0.250. The molecule has 4 rings (SSSR count). The van der Waals surface area contributed by atoms with Gasteiger partial charge in [-0.15, -0.1) is 5.10 Å². The first kappa shape index (κ1) is 22.4. The van der Waals surface area contributed by atoms with Gasteiger partial charge in [0.1, 0.15) is 0 Å². The highest BCUT2D eigenvalue weighted by molar-refractivity contribution is 7.99. The predicted octanol–water partition coefficient (Wildman–Crippen LogP) is 1.65. The van der Waals surface area contributed by atoms with Gasteiger partial charge in [-0.05, 0) is 34.7 Å². The van der Waals surface area contributed by atoms with Crippen LogP contribution < -0.4 is 10.3 Å². The van der Waals surface area contributed by atoms with Crippen LogP contribution in [0.4, 0.5) is 11.4 Å². The Balaban J connectivity index is 1.38. The van der Waals surface area contributed by atoms with Gasteiger partial charge in [0.25, 0.3) is 11.6 Å². The number of hydrogen-bond donors (Lipinski definition) is 1. The number of morpholine rings is 1. The molecule has 0 saturated carbocycles. The number of rotatable bonds is 8. The number of para-hydroxylation sites is 1. The number of hydrazone groups is 1. The van der Waals surface area contributed by atoms with E-state index in [9.17, 15) is 14.9 Å². The first-order valence-corrected chi connectivity index (χ1v) is 11.0. The van der Waals surface area contributed by atoms with Crippen LogP contribution in [0.25, 0.3) is 5.69 Å². The highest BCUT2D eigenvalue weighted by Gasteiger charge is 2.17. The molecule has 0 spiro atoms. The van der Waals surface area contributed by atoms with Gasteiger partial charge in [0.15, 0.2) is 0 Å². The minimum absolute atomic E-state index is 0.0143. The molecule has 1 amide bonds. The van der Waals surface area contributed by atoms with Crippen LogP contribution >= 0.6 is 11.8 Å². The fourth-order valence-corrected chi connectivity index (χ4v) is 3.85. The monoisotopic (exact) mass is 468 g/mol. The van der Waals surface area contributed by atoms with Gasteiger partial charge in [0.05, 0.1) is 41.4 Å². The van der Waals surface area contributed by atoms with Gasteiger partial charge < -0.3 is 9.64 Å². The second-order valence-electron chi connectivity index (χ2n) is 6.89. The van der Waals surface area contributed by atoms with Gasteiger partial charge in [-0.2, -0.15) is 9.78 Å². The number of hydrogen-bond acceptors (Lipinski definition) is 10. The van der Waals surface area contributed by atoms with E-state index in [1.54, 1.807) is 12.1 Å². The summed E-state index contributed by atoms with van der Waals surface area (Å²) in [5.41, 5.74) is 4.20. The molecule has 1 aliphatic rings. The van der Waals surface area contributed by atoms with Crippen LogP contribution in [0.5, 0.6) is 0 Å². The summed E-state index contributed by atoms with van der Waals surface area (Å²) < 4.78 is 6.88. The van der Waals surface area contributed by atoms with Crippen LogP contribution in [0, 0.1) is 10.1 Å². The van der Waals surface area contributed by atoms with E-state index < -0.39 is 10.8 Å². The van der Waals surface area contributed by atoms with Gasteiger partial charge >= 0.3 is 0 Å². The van der Waals surface area contributed by atoms with E-state index in [1.165, 1.54) is 17.0 Å². The minimum atomic E-state index is -0.481. The standard InChI is InChI=1S/C20H20N8O4S/c29-19(14-33-20-23-24-25-27(20)16-4-2-1-3-5-16)22-21-13-15-12-17(6-7-18(15)28(30)31)26-8-10-32-11-9-26/h1-7,12-13H,8-11,14H2,(H,22,29)/b21-13-. The third-order valence-electron chi connectivity index (χ3n) is 4.75. The number of carbonyl (C=O) groups excluding carboxylic acids is 1. The number of nitro benzene ring substituents is 1. The van der Waals surface area contributed by atoms with Crippen LogP contribution in [0.15, 0.2) is 58.8 Å². The Bertz CT molecular complexity index is 1150. The molecular weight excluding hydrogens is 448 g/mol. The number of tetrazole rings is 1. The Morgan fingerprint density at radius 3 is 2.76 bits per heavy atom. The summed E-state index contributed by atoms with van der Waals surface area (Å²) >= 11 is 1.15. The van der Waals surface area contributed by atoms with Crippen molar-refractivity contribution in [2.45, 2.75) is 5.16 Å². The number of carbonyl (C=O) groups is 1. The van der Waals surface area contributed by atoms with Crippen molar-refractivity contribution in [1.82, 2.24) is 25.6 Å². The maximum Gasteiger partial charge on any atom is 0.278 e. The van der Waals surface area contributed by atoms with Crippen molar-refractivity contribution in [2.24, 2.45) is 5.10 Å². The van der Waals surface area contributed by atoms with Gasteiger partial charge in [0, 0.05) is 24.8 Å². The number of benzene rings is 2. The number of nitrogens with one attached hydrogen (secondary N) is 1. The van der Waals surface area contributed by atoms with Gasteiger partial charge in [-0.25, -0.2) is 5.43 Å². The Morgan fingerprint density at radius 2 is 2.00 bits per heavy atom. The summed E-state index contributed by atoms with van der Waals surface area (Å²) in [6, 6.07) is 14.1. The van der Waals surface area contributed by atoms with Gasteiger partial charge in [0.2, 0.25) is 5.16 Å². The SMILES string of the molecule is O=C(CSc1nnnn1-c1ccccc1)N/N=C\c1cc(N2CCOCC2)ccc1[N+](=O)[O-]. The van der Waals surface area contributed by atoms with E-state index >= 15 is 0 Å². The molecule has 12 nitrogen and oxygen atoms in total. The topological polar surface area (TPSA) is 141 Å². The van der Waals surface area contributed by atoms with Crippen molar-refractivity contribution in [3.8, 4) is 5.69 Å². The molecule has 2 heterocycles. The first-order chi connectivity index (χ1) is 16.1. The largest absolute Gasteiger partial charge is 0.378 e. The summed E-state index contributed by atoms with van der Waals surface area (Å²) in [7, 11) is 0. The predicted molar refractivity (Wildman–Crippen MR) is 122 cm³/mol. The Kier molecular flexibility index (Phi) is 7.22. The molecule has 1 aliphatic heterocycles. The molecule has 0 bridgehead atoms. The number of amides is 1. The first-order valence-electron chi connectivity index (χ1n) is 10.0. The van der Waals surface area contributed by atoms with E-state index in [0.29, 0.717) is 37.0 Å². The third-order valence-corrected chi connectivity index (χ3v) is 5.67. The van der Waals surface area contributed by atoms with Crippen LogP contribution in [0.1, 0.15) is 5.56 Å². The van der Waals surface area contributed by atoms with E-state index in [4.69, 9.17) is 4.74 Å². The lowest BCUT2D eigenvalue weighted by Gasteiger charge is -2.28. The summed E-state index contributed by atoms with van der Waals surface area (Å²) in [6.07, 6.45) is 1.28. The highest BCUT2D eigenvalue weighted by atomic mass is 32.2. The minimum Gasteiger partial charge on any atom is -0.378 e. The average Bonchev–Trinajstić information content (AvgIpc) is 3.32. The summed E-state index contributed by atoms with van der Waals surface area (Å²) in [5, 5.41) is 27.3. The summed E-state index contributed by atoms with van der Waals surface area (Å²) in [5.74, 6) is -0.383. The van der Waals surface area contributed by atoms with Crippen molar-refractivity contribution in [2.75, 3.05) is 37.0 Å². The molecule has 1 saturated heterocycles. The lowest BCUT2D eigenvalue weighted by Crippen LogP contribution is -2.36. The molecule has 0 aliphatic carbocycles. The maximum absolute atomic E-state index is 12.2. The Hall–Kier alpha value is -3.84. The smallest absolute Gasteiger partial charge is 0.278 e. The molecule has 1 fully saturated rings. The highest BCUT2D eigenvalue weighted by Crippen LogP contribution is 2.24. The van der Waals surface area contributed by atoms with Crippen molar-refractivity contribution in [3.05, 3.63) is 64.2 Å². The molecular formula is C20H20N8O4S. The van der Waals surface area contributed by atoms with Gasteiger partial charge in [-0.3, -0.25) is 14.9 Å². The quantitative estimate of drug-likeness (QED) is 0.226. The zero-order valence-corrected chi connectivity index (χ0v) is 18.2. The molecule has 0 unspecified atom stereocenters. The fourth-order valence-electron chi connectivity index (χ4n) is 3.17. The Morgan fingerprint density at radius 1 is 1.21 bits per heavy atom. The van der Waals surface area contributed by atoms with Crippen molar-refractivity contribution in [3.63, 3.8) is 0 Å². The lowest BCUT2D eigenvalue weighted by molar-refractivity contribution is -0.385. The second-order valence-corrected chi connectivity index (χ2v) is 7.83. The van der Waals surface area contributed by atoms with Crippen LogP contribution in [0.2, 0.25) is 0 Å². The van der Waals surface area contributed by atoms with Crippen LogP contribution in [0.3, 0.4) is 0 Å². The van der Waals surface area contributed by atoms with E-state index in [-0.39, 0.29) is 11.4 Å². The van der Waals surface area contributed by atoms with Crippen LogP contribution in [-0.4, -0.2) is 69.3 Å². The number of aromatic nitrogens is 4. The van der Waals surface area contributed by atoms with E-state index in [2.05, 4.69) is 31.0 Å². The molecule has 3 aromatic rings. The molecule has 0 radical (unpaired) electrons. The number of thioether (sulfide) groups is 1. The number of nitro groups is 1. The second kappa shape index (κ2) is 10.7.